The Kier molecular flexibility index (Phi) is 4.74. The van der Waals surface area contributed by atoms with Crippen molar-refractivity contribution in [1.82, 2.24) is 10.2 Å². The summed E-state index contributed by atoms with van der Waals surface area (Å²) in [4.78, 5) is 27.1. The molecule has 0 heterocycles. The van der Waals surface area contributed by atoms with Crippen molar-refractivity contribution in [3.63, 3.8) is 0 Å². The molecule has 110 valence electrons. The molecule has 2 aromatic rings. The first-order valence-corrected chi connectivity index (χ1v) is 6.46. The van der Waals surface area contributed by atoms with Crippen molar-refractivity contribution < 1.29 is 9.59 Å². The third kappa shape index (κ3) is 3.23. The first kappa shape index (κ1) is 15.1. The van der Waals surface area contributed by atoms with Gasteiger partial charge >= 0.3 is 0 Å². The van der Waals surface area contributed by atoms with E-state index < -0.39 is 5.91 Å². The van der Waals surface area contributed by atoms with Gasteiger partial charge in [-0.25, -0.2) is 0 Å². The van der Waals surface area contributed by atoms with Crippen LogP contribution in [0.5, 0.6) is 0 Å². The third-order valence-electron chi connectivity index (χ3n) is 2.95. The summed E-state index contributed by atoms with van der Waals surface area (Å²) in [5.74, 6) is -0.727. The van der Waals surface area contributed by atoms with E-state index in [1.54, 1.807) is 48.5 Å². The van der Waals surface area contributed by atoms with Gasteiger partial charge in [0.25, 0.3) is 11.8 Å². The molecule has 2 aromatic carbocycles. The number of amides is 2. The van der Waals surface area contributed by atoms with Gasteiger partial charge < -0.3 is 10.6 Å². The second-order valence-electron chi connectivity index (χ2n) is 4.30. The summed E-state index contributed by atoms with van der Waals surface area (Å²) >= 11 is 0. The number of anilines is 1. The Morgan fingerprint density at radius 3 is 2.32 bits per heavy atom. The first-order valence-electron chi connectivity index (χ1n) is 6.46. The monoisotopic (exact) mass is 296 g/mol. The van der Waals surface area contributed by atoms with Crippen molar-refractivity contribution in [2.45, 2.75) is 0 Å². The second kappa shape index (κ2) is 6.92. The minimum absolute atomic E-state index is 0.269. The molecule has 0 unspecified atom stereocenters. The van der Waals surface area contributed by atoms with Crippen LogP contribution in [0.1, 0.15) is 20.7 Å². The molecule has 2 amide bonds. The lowest BCUT2D eigenvalue weighted by molar-refractivity contribution is 0.0964. The van der Waals surface area contributed by atoms with E-state index in [-0.39, 0.29) is 17.2 Å². The van der Waals surface area contributed by atoms with Gasteiger partial charge in [-0.05, 0) is 24.3 Å². The van der Waals surface area contributed by atoms with Crippen molar-refractivity contribution in [2.24, 2.45) is 5.11 Å². The van der Waals surface area contributed by atoms with Crippen molar-refractivity contribution >= 4 is 23.2 Å². The normalized spacial score (nSPS) is 9.50. The van der Waals surface area contributed by atoms with Crippen LogP contribution in [0.25, 0.3) is 0 Å². The zero-order valence-electron chi connectivity index (χ0n) is 11.8. The molecular formula is C15H14N5O2+. The summed E-state index contributed by atoms with van der Waals surface area (Å²) in [6, 6.07) is 13.2. The minimum Gasteiger partial charge on any atom is -0.355 e. The lowest BCUT2D eigenvalue weighted by Gasteiger charge is -2.10. The van der Waals surface area contributed by atoms with Crippen LogP contribution in [-0.2, 0) is 0 Å². The molecule has 0 radical (unpaired) electrons. The van der Waals surface area contributed by atoms with E-state index in [1.165, 1.54) is 7.05 Å². The van der Waals surface area contributed by atoms with E-state index >= 15 is 0 Å². The molecule has 2 rings (SSSR count). The number of hydrogen-bond acceptors (Lipinski definition) is 4. The number of hydrogen-bond donors (Lipinski definition) is 3. The van der Waals surface area contributed by atoms with Crippen LogP contribution >= 0.6 is 0 Å². The maximum atomic E-state index is 12.4. The Hall–Kier alpha value is -3.31. The number of carbonyl (C=O) groups is 2. The zero-order chi connectivity index (χ0) is 15.9. The molecule has 0 aliphatic rings. The smallest absolute Gasteiger partial charge is 0.258 e. The molecular weight excluding hydrogens is 282 g/mol. The number of nitrogens with zero attached hydrogens (tertiary/aromatic N) is 2. The number of carbonyl (C=O) groups excluding carboxylic acids is 2. The van der Waals surface area contributed by atoms with E-state index in [9.17, 15) is 9.59 Å². The Morgan fingerprint density at radius 2 is 1.64 bits per heavy atom. The Labute approximate surface area is 126 Å². The van der Waals surface area contributed by atoms with Crippen LogP contribution < -0.4 is 15.5 Å². The van der Waals surface area contributed by atoms with Gasteiger partial charge in [0, 0.05) is 7.05 Å². The van der Waals surface area contributed by atoms with Crippen molar-refractivity contribution in [3.05, 3.63) is 59.7 Å². The topological polar surface area (TPSA) is 109 Å². The molecule has 22 heavy (non-hydrogen) atoms. The average Bonchev–Trinajstić information content (AvgIpc) is 2.55. The number of rotatable bonds is 4. The van der Waals surface area contributed by atoms with Gasteiger partial charge in [0.05, 0.1) is 16.8 Å². The standard InChI is InChI=1S/C15H13N5O2/c1-17-14(21)10-6-2-4-8-12(10)18-15(22)11-7-3-5-9-13(11)19-20-16/h2-9,16H,1H3,(H-,17,18,21,22)/p+1. The van der Waals surface area contributed by atoms with Crippen molar-refractivity contribution in [1.29, 1.82) is 5.53 Å². The van der Waals surface area contributed by atoms with Crippen molar-refractivity contribution in [3.8, 4) is 0 Å². The molecule has 7 nitrogen and oxygen atoms in total. The largest absolute Gasteiger partial charge is 0.355 e. The summed E-state index contributed by atoms with van der Waals surface area (Å²) in [5, 5.41) is 8.79. The molecule has 3 N–H and O–H groups in total. The van der Waals surface area contributed by atoms with Gasteiger partial charge in [-0.3, -0.25) is 9.59 Å². The second-order valence-corrected chi connectivity index (χ2v) is 4.30. The number of para-hydroxylation sites is 1. The van der Waals surface area contributed by atoms with Crippen LogP contribution in [-0.4, -0.2) is 18.9 Å². The fourth-order valence-corrected chi connectivity index (χ4v) is 1.92. The van der Waals surface area contributed by atoms with Gasteiger partial charge in [-0.15, -0.1) is 0 Å². The molecule has 7 heteroatoms. The van der Waals surface area contributed by atoms with Gasteiger partial charge in [0.2, 0.25) is 4.91 Å². The first-order chi connectivity index (χ1) is 10.7. The van der Waals surface area contributed by atoms with E-state index in [1.807, 2.05) is 0 Å². The minimum atomic E-state index is -0.431. The summed E-state index contributed by atoms with van der Waals surface area (Å²) in [6.45, 7) is 0. The molecule has 0 saturated carbocycles. The Balaban J connectivity index is 2.34. The maximum absolute atomic E-state index is 12.4. The molecule has 0 aliphatic heterocycles. The molecule has 0 saturated heterocycles. The predicted octanol–water partition coefficient (Wildman–Crippen LogP) is 2.48. The Morgan fingerprint density at radius 1 is 1.00 bits per heavy atom. The van der Waals surface area contributed by atoms with Gasteiger partial charge in [-0.2, -0.15) is 0 Å². The van der Waals surface area contributed by atoms with E-state index in [2.05, 4.69) is 20.7 Å². The molecule has 0 aromatic heterocycles. The van der Waals surface area contributed by atoms with E-state index in [0.29, 0.717) is 11.3 Å². The van der Waals surface area contributed by atoms with Crippen LogP contribution in [0.2, 0.25) is 0 Å². The summed E-state index contributed by atoms with van der Waals surface area (Å²) < 4.78 is 0. The van der Waals surface area contributed by atoms with Crippen LogP contribution in [0.3, 0.4) is 0 Å². The van der Waals surface area contributed by atoms with Gasteiger partial charge in [0.1, 0.15) is 5.53 Å². The molecule has 0 bridgehead atoms. The predicted molar refractivity (Wildman–Crippen MR) is 81.2 cm³/mol. The molecule has 0 atom stereocenters. The SMILES string of the molecule is CNC(=O)c1ccccc1NC(=O)c1ccccc1N=[N+]=N. The summed E-state index contributed by atoms with van der Waals surface area (Å²) in [5.41, 5.74) is 8.09. The Bertz CT molecular complexity index is 766. The fourth-order valence-electron chi connectivity index (χ4n) is 1.92. The lowest BCUT2D eigenvalue weighted by Crippen LogP contribution is -2.21. The third-order valence-corrected chi connectivity index (χ3v) is 2.95. The average molecular weight is 296 g/mol. The van der Waals surface area contributed by atoms with Crippen LogP contribution in [0.4, 0.5) is 11.4 Å². The zero-order valence-corrected chi connectivity index (χ0v) is 11.8. The quantitative estimate of drug-likeness (QED) is 0.595. The highest BCUT2D eigenvalue weighted by Crippen LogP contribution is 2.21. The van der Waals surface area contributed by atoms with Crippen molar-refractivity contribution in [2.75, 3.05) is 12.4 Å². The van der Waals surface area contributed by atoms with E-state index in [0.717, 1.165) is 0 Å². The highest BCUT2D eigenvalue weighted by molar-refractivity contribution is 6.10. The highest BCUT2D eigenvalue weighted by atomic mass is 16.2. The van der Waals surface area contributed by atoms with E-state index in [4.69, 9.17) is 5.53 Å². The fraction of sp³-hybridized carbons (Fsp3) is 0.0667. The highest BCUT2D eigenvalue weighted by Gasteiger charge is 2.16. The van der Waals surface area contributed by atoms with Gasteiger partial charge in [0.15, 0.2) is 10.8 Å². The molecule has 0 spiro atoms. The van der Waals surface area contributed by atoms with Crippen LogP contribution in [0, 0.1) is 5.53 Å². The molecule has 0 aliphatic carbocycles. The van der Waals surface area contributed by atoms with Gasteiger partial charge in [-0.1, -0.05) is 24.3 Å². The number of nitrogens with one attached hydrogen (secondary N) is 3. The lowest BCUT2D eigenvalue weighted by atomic mass is 10.1. The maximum Gasteiger partial charge on any atom is 0.258 e. The summed E-state index contributed by atoms with van der Waals surface area (Å²) in [7, 11) is 1.52. The summed E-state index contributed by atoms with van der Waals surface area (Å²) in [6.07, 6.45) is 0. The van der Waals surface area contributed by atoms with Crippen LogP contribution in [0.15, 0.2) is 53.6 Å². The number of benzene rings is 2. The molecule has 0 fully saturated rings.